The van der Waals surface area contributed by atoms with Gasteiger partial charge in [-0.2, -0.15) is 0 Å². The van der Waals surface area contributed by atoms with Crippen LogP contribution in [0, 0.1) is 0 Å². The summed E-state index contributed by atoms with van der Waals surface area (Å²) in [5.74, 6) is 0. The molecule has 0 amide bonds. The zero-order valence-corrected chi connectivity index (χ0v) is 8.71. The zero-order chi connectivity index (χ0) is 9.40. The highest BCUT2D eigenvalue weighted by molar-refractivity contribution is 4.74. The molecule has 1 unspecified atom stereocenters. The van der Waals surface area contributed by atoms with Gasteiger partial charge in [-0.1, -0.05) is 27.2 Å². The van der Waals surface area contributed by atoms with Gasteiger partial charge in [0, 0.05) is 6.04 Å². The Labute approximate surface area is 76.6 Å². The third-order valence-corrected chi connectivity index (χ3v) is 2.37. The van der Waals surface area contributed by atoms with E-state index in [9.17, 15) is 0 Å². The highest BCUT2D eigenvalue weighted by Gasteiger charge is 2.18. The second-order valence-corrected chi connectivity index (χ2v) is 2.96. The van der Waals surface area contributed by atoms with Gasteiger partial charge in [-0.05, 0) is 25.9 Å². The lowest BCUT2D eigenvalue weighted by Crippen LogP contribution is -2.41. The first-order valence-electron chi connectivity index (χ1n) is 5.23. The molecule has 1 heterocycles. The molecule has 1 aliphatic rings. The first-order valence-corrected chi connectivity index (χ1v) is 5.23. The zero-order valence-electron chi connectivity index (χ0n) is 8.71. The summed E-state index contributed by atoms with van der Waals surface area (Å²) in [6.07, 6.45) is 3.79. The molecule has 74 valence electrons. The van der Waals surface area contributed by atoms with Crippen LogP contribution in [-0.2, 0) is 0 Å². The molecule has 1 aliphatic heterocycles. The van der Waals surface area contributed by atoms with Crippen molar-refractivity contribution in [3.63, 3.8) is 0 Å². The van der Waals surface area contributed by atoms with E-state index in [-0.39, 0.29) is 0 Å². The van der Waals surface area contributed by atoms with Crippen LogP contribution in [0.25, 0.3) is 0 Å². The molecular weight excluding hydrogens is 150 g/mol. The minimum Gasteiger partial charge on any atom is -0.395 e. The minimum absolute atomic E-state index is 0.341. The first kappa shape index (κ1) is 11.9. The number of piperidine rings is 1. The van der Waals surface area contributed by atoms with E-state index in [1.807, 2.05) is 13.8 Å². The summed E-state index contributed by atoms with van der Waals surface area (Å²) in [6, 6.07) is 0.457. The fourth-order valence-electron chi connectivity index (χ4n) is 1.68. The van der Waals surface area contributed by atoms with Gasteiger partial charge in [-0.15, -0.1) is 0 Å². The van der Waals surface area contributed by atoms with E-state index in [1.165, 1.54) is 25.8 Å². The molecule has 1 saturated heterocycles. The van der Waals surface area contributed by atoms with E-state index in [2.05, 4.69) is 11.8 Å². The minimum atomic E-state index is 0.341. The molecule has 2 nitrogen and oxygen atoms in total. The summed E-state index contributed by atoms with van der Waals surface area (Å²) >= 11 is 0. The van der Waals surface area contributed by atoms with Crippen LogP contribution in [-0.4, -0.2) is 35.7 Å². The average molecular weight is 173 g/mol. The number of aliphatic hydroxyl groups is 1. The Morgan fingerprint density at radius 3 is 2.42 bits per heavy atom. The van der Waals surface area contributed by atoms with Crippen molar-refractivity contribution >= 4 is 0 Å². The standard InChI is InChI=1S/C8H17NO.C2H6/c1-2-9-6-4-3-5-8(9)7-10;1-2/h8,10H,2-7H2,1H3;1-2H3. The Morgan fingerprint density at radius 2 is 2.00 bits per heavy atom. The highest BCUT2D eigenvalue weighted by atomic mass is 16.3. The number of hydrogen-bond acceptors (Lipinski definition) is 2. The van der Waals surface area contributed by atoms with Crippen molar-refractivity contribution < 1.29 is 5.11 Å². The second kappa shape index (κ2) is 7.56. The van der Waals surface area contributed by atoms with Crippen LogP contribution < -0.4 is 0 Å². The highest BCUT2D eigenvalue weighted by Crippen LogP contribution is 2.15. The largest absolute Gasteiger partial charge is 0.395 e. The fraction of sp³-hybridized carbons (Fsp3) is 1.00. The Kier molecular flexibility index (Phi) is 7.51. The maximum absolute atomic E-state index is 8.95. The van der Waals surface area contributed by atoms with Gasteiger partial charge in [0.15, 0.2) is 0 Å². The maximum atomic E-state index is 8.95. The van der Waals surface area contributed by atoms with E-state index < -0.39 is 0 Å². The molecule has 1 N–H and O–H groups in total. The van der Waals surface area contributed by atoms with E-state index >= 15 is 0 Å². The topological polar surface area (TPSA) is 23.5 Å². The molecular formula is C10H23NO. The van der Waals surface area contributed by atoms with Crippen molar-refractivity contribution in [3.05, 3.63) is 0 Å². The fourth-order valence-corrected chi connectivity index (χ4v) is 1.68. The SMILES string of the molecule is CC.CCN1CCCCC1CO. The number of likely N-dealkylation sites (N-methyl/N-ethyl adjacent to an activating group) is 1. The summed E-state index contributed by atoms with van der Waals surface area (Å²) in [5.41, 5.74) is 0. The van der Waals surface area contributed by atoms with Gasteiger partial charge in [0.1, 0.15) is 0 Å². The molecule has 0 radical (unpaired) electrons. The lowest BCUT2D eigenvalue weighted by molar-refractivity contribution is 0.0953. The van der Waals surface area contributed by atoms with Gasteiger partial charge < -0.3 is 5.11 Å². The van der Waals surface area contributed by atoms with Crippen LogP contribution in [0.1, 0.15) is 40.0 Å². The normalized spacial score (nSPS) is 24.5. The molecule has 1 rings (SSSR count). The van der Waals surface area contributed by atoms with Crippen LogP contribution in [0.15, 0.2) is 0 Å². The molecule has 0 saturated carbocycles. The maximum Gasteiger partial charge on any atom is 0.0586 e. The molecule has 0 aliphatic carbocycles. The second-order valence-electron chi connectivity index (χ2n) is 2.96. The summed E-state index contributed by atoms with van der Waals surface area (Å²) in [4.78, 5) is 2.36. The summed E-state index contributed by atoms with van der Waals surface area (Å²) in [6.45, 7) is 8.77. The Hall–Kier alpha value is -0.0800. The van der Waals surface area contributed by atoms with Crippen molar-refractivity contribution in [1.29, 1.82) is 0 Å². The predicted molar refractivity (Wildman–Crippen MR) is 53.3 cm³/mol. The lowest BCUT2D eigenvalue weighted by Gasteiger charge is -2.33. The van der Waals surface area contributed by atoms with E-state index in [1.54, 1.807) is 0 Å². The van der Waals surface area contributed by atoms with Gasteiger partial charge in [0.2, 0.25) is 0 Å². The molecule has 0 spiro atoms. The lowest BCUT2D eigenvalue weighted by atomic mass is 10.0. The Balaban J connectivity index is 0.000000561. The molecule has 12 heavy (non-hydrogen) atoms. The van der Waals surface area contributed by atoms with Gasteiger partial charge in [-0.25, -0.2) is 0 Å². The molecule has 2 heteroatoms. The third kappa shape index (κ3) is 3.55. The third-order valence-electron chi connectivity index (χ3n) is 2.37. The quantitative estimate of drug-likeness (QED) is 0.689. The monoisotopic (exact) mass is 173 g/mol. The number of hydrogen-bond donors (Lipinski definition) is 1. The van der Waals surface area contributed by atoms with Crippen molar-refractivity contribution in [2.45, 2.75) is 46.1 Å². The molecule has 1 fully saturated rings. The van der Waals surface area contributed by atoms with Crippen LogP contribution in [0.2, 0.25) is 0 Å². The molecule has 0 aromatic heterocycles. The van der Waals surface area contributed by atoms with Crippen molar-refractivity contribution in [2.75, 3.05) is 19.7 Å². The van der Waals surface area contributed by atoms with Crippen LogP contribution in [0.3, 0.4) is 0 Å². The van der Waals surface area contributed by atoms with E-state index in [4.69, 9.17) is 5.11 Å². The number of likely N-dealkylation sites (tertiary alicyclic amines) is 1. The van der Waals surface area contributed by atoms with Gasteiger partial charge >= 0.3 is 0 Å². The summed E-state index contributed by atoms with van der Waals surface area (Å²) < 4.78 is 0. The molecule has 0 aromatic rings. The van der Waals surface area contributed by atoms with Crippen LogP contribution in [0.4, 0.5) is 0 Å². The smallest absolute Gasteiger partial charge is 0.0586 e. The van der Waals surface area contributed by atoms with Crippen LogP contribution >= 0.6 is 0 Å². The first-order chi connectivity index (χ1) is 5.88. The van der Waals surface area contributed by atoms with Crippen LogP contribution in [0.5, 0.6) is 0 Å². The molecule has 0 bridgehead atoms. The molecule has 0 aromatic carbocycles. The number of nitrogens with zero attached hydrogens (tertiary/aromatic N) is 1. The van der Waals surface area contributed by atoms with Gasteiger partial charge in [-0.3, -0.25) is 4.90 Å². The summed E-state index contributed by atoms with van der Waals surface area (Å²) in [5, 5.41) is 8.95. The Morgan fingerprint density at radius 1 is 1.33 bits per heavy atom. The Bertz CT molecular complexity index is 83.8. The number of aliphatic hydroxyl groups excluding tert-OH is 1. The van der Waals surface area contributed by atoms with E-state index in [0.717, 1.165) is 6.54 Å². The van der Waals surface area contributed by atoms with Crippen molar-refractivity contribution in [1.82, 2.24) is 4.90 Å². The van der Waals surface area contributed by atoms with E-state index in [0.29, 0.717) is 12.6 Å². The van der Waals surface area contributed by atoms with Crippen molar-refractivity contribution in [3.8, 4) is 0 Å². The summed E-state index contributed by atoms with van der Waals surface area (Å²) in [7, 11) is 0. The van der Waals surface area contributed by atoms with Gasteiger partial charge in [0.25, 0.3) is 0 Å². The van der Waals surface area contributed by atoms with Gasteiger partial charge in [0.05, 0.1) is 6.61 Å². The molecule has 1 atom stereocenters. The van der Waals surface area contributed by atoms with Crippen molar-refractivity contribution in [2.24, 2.45) is 0 Å². The predicted octanol–water partition coefficient (Wildman–Crippen LogP) is 1.88. The number of rotatable bonds is 2. The average Bonchev–Trinajstić information content (AvgIpc) is 2.20.